The number of nitrogens with zero attached hydrogens (tertiary/aromatic N) is 3. The smallest absolute Gasteiger partial charge is 0.254 e. The van der Waals surface area contributed by atoms with Crippen LogP contribution in [0.15, 0.2) is 35.7 Å². The van der Waals surface area contributed by atoms with Gasteiger partial charge >= 0.3 is 0 Å². The molecule has 1 N–H and O–H groups in total. The van der Waals surface area contributed by atoms with Crippen LogP contribution in [-0.4, -0.2) is 72.1 Å². The minimum Gasteiger partial charge on any atom is -0.304 e. The highest BCUT2D eigenvalue weighted by Gasteiger charge is 2.26. The summed E-state index contributed by atoms with van der Waals surface area (Å²) in [6, 6.07) is 9.71. The Morgan fingerprint density at radius 1 is 1.17 bits per heavy atom. The molecular weight excluding hydrogens is 324 g/mol. The third-order valence-corrected chi connectivity index (χ3v) is 4.95. The summed E-state index contributed by atoms with van der Waals surface area (Å²) >= 11 is 1.47. The lowest BCUT2D eigenvalue weighted by atomic mass is 10.1. The van der Waals surface area contributed by atoms with Crippen molar-refractivity contribution in [2.75, 3.05) is 45.5 Å². The van der Waals surface area contributed by atoms with Gasteiger partial charge in [0.2, 0.25) is 5.91 Å². The third kappa shape index (κ3) is 4.17. The zero-order valence-corrected chi connectivity index (χ0v) is 14.6. The average Bonchev–Trinajstić information content (AvgIpc) is 2.59. The maximum atomic E-state index is 12.4. The number of nitrogens with one attached hydrogen (secondary N) is 1. The Labute approximate surface area is 146 Å². The van der Waals surface area contributed by atoms with Gasteiger partial charge in [-0.2, -0.15) is 0 Å². The first-order valence-corrected chi connectivity index (χ1v) is 9.09. The summed E-state index contributed by atoms with van der Waals surface area (Å²) in [5.41, 5.74) is 4.67. The molecule has 0 atom stereocenters. The van der Waals surface area contributed by atoms with Crippen LogP contribution in [-0.2, 0) is 9.59 Å². The molecule has 0 radical (unpaired) electrons. The minimum absolute atomic E-state index is 0.0325. The highest BCUT2D eigenvalue weighted by molar-refractivity contribution is 8.03. The molecule has 2 heterocycles. The van der Waals surface area contributed by atoms with E-state index >= 15 is 0 Å². The van der Waals surface area contributed by atoms with Crippen LogP contribution in [0.2, 0.25) is 0 Å². The minimum atomic E-state index is -0.151. The van der Waals surface area contributed by atoms with Gasteiger partial charge in [-0.3, -0.25) is 15.0 Å². The fourth-order valence-corrected chi connectivity index (χ4v) is 3.55. The molecule has 2 aliphatic heterocycles. The second-order valence-electron chi connectivity index (χ2n) is 5.99. The van der Waals surface area contributed by atoms with E-state index in [1.54, 1.807) is 4.90 Å². The topological polar surface area (TPSA) is 55.9 Å². The van der Waals surface area contributed by atoms with Crippen LogP contribution in [0, 0.1) is 0 Å². The second-order valence-corrected chi connectivity index (χ2v) is 6.84. The zero-order valence-electron chi connectivity index (χ0n) is 13.8. The molecule has 1 fully saturated rings. The summed E-state index contributed by atoms with van der Waals surface area (Å²) in [5.74, 6) is 0.189. The van der Waals surface area contributed by atoms with E-state index < -0.39 is 0 Å². The average molecular weight is 346 g/mol. The van der Waals surface area contributed by atoms with E-state index in [1.165, 1.54) is 11.8 Å². The van der Waals surface area contributed by atoms with Crippen molar-refractivity contribution in [3.63, 3.8) is 0 Å². The number of carbonyl (C=O) groups is 2. The predicted octanol–water partition coefficient (Wildman–Crippen LogP) is 0.839. The SMILES string of the molecule is CN1CCN(NC(=O)CN2C(=O)CSC=C2c2ccccc2)CC1. The summed E-state index contributed by atoms with van der Waals surface area (Å²) in [6.07, 6.45) is 0. The monoisotopic (exact) mass is 346 g/mol. The fourth-order valence-electron chi connectivity index (χ4n) is 2.75. The van der Waals surface area contributed by atoms with Crippen LogP contribution in [0.4, 0.5) is 0 Å². The Morgan fingerprint density at radius 2 is 1.88 bits per heavy atom. The number of likely N-dealkylation sites (N-methyl/N-ethyl adjacent to an activating group) is 1. The highest BCUT2D eigenvalue weighted by atomic mass is 32.2. The van der Waals surface area contributed by atoms with E-state index in [0.717, 1.165) is 37.4 Å². The second kappa shape index (κ2) is 7.83. The molecule has 1 aromatic rings. The Balaban J connectivity index is 1.65. The Bertz CT molecular complexity index is 627. The number of hydrogen-bond donors (Lipinski definition) is 1. The number of rotatable bonds is 4. The molecule has 3 rings (SSSR count). The summed E-state index contributed by atoms with van der Waals surface area (Å²) < 4.78 is 0. The quantitative estimate of drug-likeness (QED) is 0.876. The van der Waals surface area contributed by atoms with E-state index in [1.807, 2.05) is 40.7 Å². The molecule has 0 unspecified atom stereocenters. The van der Waals surface area contributed by atoms with Crippen LogP contribution >= 0.6 is 11.8 Å². The number of amides is 2. The Morgan fingerprint density at radius 3 is 2.58 bits per heavy atom. The van der Waals surface area contributed by atoms with Crippen molar-refractivity contribution >= 4 is 29.3 Å². The van der Waals surface area contributed by atoms with Gasteiger partial charge in [-0.1, -0.05) is 30.3 Å². The van der Waals surface area contributed by atoms with E-state index in [9.17, 15) is 9.59 Å². The van der Waals surface area contributed by atoms with Crippen LogP contribution in [0.1, 0.15) is 5.56 Å². The van der Waals surface area contributed by atoms with Crippen molar-refractivity contribution in [2.24, 2.45) is 0 Å². The van der Waals surface area contributed by atoms with Crippen molar-refractivity contribution in [3.05, 3.63) is 41.3 Å². The molecule has 7 heteroatoms. The van der Waals surface area contributed by atoms with Gasteiger partial charge < -0.3 is 9.80 Å². The van der Waals surface area contributed by atoms with Crippen molar-refractivity contribution in [1.29, 1.82) is 0 Å². The number of benzene rings is 1. The maximum Gasteiger partial charge on any atom is 0.254 e. The summed E-state index contributed by atoms with van der Waals surface area (Å²) in [5, 5.41) is 3.89. The van der Waals surface area contributed by atoms with E-state index in [-0.39, 0.29) is 18.4 Å². The molecule has 0 aromatic heterocycles. The van der Waals surface area contributed by atoms with Crippen molar-refractivity contribution < 1.29 is 9.59 Å². The molecule has 1 aromatic carbocycles. The number of thioether (sulfide) groups is 1. The summed E-state index contributed by atoms with van der Waals surface area (Å²) in [7, 11) is 2.07. The molecule has 0 spiro atoms. The zero-order chi connectivity index (χ0) is 16.9. The van der Waals surface area contributed by atoms with Gasteiger partial charge in [0.05, 0.1) is 11.4 Å². The standard InChI is InChI=1S/C17H22N4O2S/c1-19-7-9-20(10-8-19)18-16(22)11-21-15(12-24-13-17(21)23)14-5-3-2-4-6-14/h2-6,12H,7-11,13H2,1H3,(H,18,22). The van der Waals surface area contributed by atoms with Crippen molar-refractivity contribution in [1.82, 2.24) is 20.2 Å². The lowest BCUT2D eigenvalue weighted by Gasteiger charge is -2.33. The van der Waals surface area contributed by atoms with Gasteiger partial charge in [0.25, 0.3) is 5.91 Å². The van der Waals surface area contributed by atoms with Crippen molar-refractivity contribution in [2.45, 2.75) is 0 Å². The van der Waals surface area contributed by atoms with Gasteiger partial charge in [-0.25, -0.2) is 5.01 Å². The molecule has 2 amide bonds. The number of hydrogen-bond acceptors (Lipinski definition) is 5. The highest BCUT2D eigenvalue weighted by Crippen LogP contribution is 2.27. The Kier molecular flexibility index (Phi) is 5.55. The molecule has 0 bridgehead atoms. The molecule has 1 saturated heterocycles. The van der Waals surface area contributed by atoms with Gasteiger partial charge in [0, 0.05) is 26.2 Å². The van der Waals surface area contributed by atoms with Crippen LogP contribution in [0.25, 0.3) is 5.70 Å². The van der Waals surface area contributed by atoms with E-state index in [4.69, 9.17) is 0 Å². The van der Waals surface area contributed by atoms with Gasteiger partial charge in [-0.05, 0) is 18.0 Å². The lowest BCUT2D eigenvalue weighted by molar-refractivity contribution is -0.133. The van der Waals surface area contributed by atoms with Crippen molar-refractivity contribution in [3.8, 4) is 0 Å². The predicted molar refractivity (Wildman–Crippen MR) is 95.8 cm³/mol. The number of carbonyl (C=O) groups excluding carboxylic acids is 2. The number of piperazine rings is 1. The van der Waals surface area contributed by atoms with Crippen LogP contribution in [0.3, 0.4) is 0 Å². The first kappa shape index (κ1) is 17.0. The number of hydrazine groups is 1. The van der Waals surface area contributed by atoms with E-state index in [0.29, 0.717) is 5.75 Å². The lowest BCUT2D eigenvalue weighted by Crippen LogP contribution is -2.54. The van der Waals surface area contributed by atoms with Gasteiger partial charge in [-0.15, -0.1) is 11.8 Å². The van der Waals surface area contributed by atoms with Gasteiger partial charge in [0.1, 0.15) is 6.54 Å². The summed E-state index contributed by atoms with van der Waals surface area (Å²) in [4.78, 5) is 28.5. The van der Waals surface area contributed by atoms with Crippen LogP contribution in [0.5, 0.6) is 0 Å². The largest absolute Gasteiger partial charge is 0.304 e. The first-order valence-electron chi connectivity index (χ1n) is 8.04. The molecule has 6 nitrogen and oxygen atoms in total. The molecular formula is C17H22N4O2S. The summed E-state index contributed by atoms with van der Waals surface area (Å²) in [6.45, 7) is 3.50. The first-order chi connectivity index (χ1) is 11.6. The van der Waals surface area contributed by atoms with Gasteiger partial charge in [0.15, 0.2) is 0 Å². The molecule has 2 aliphatic rings. The van der Waals surface area contributed by atoms with E-state index in [2.05, 4.69) is 17.4 Å². The molecule has 0 saturated carbocycles. The third-order valence-electron chi connectivity index (χ3n) is 4.15. The normalized spacial score (nSPS) is 20.0. The molecule has 0 aliphatic carbocycles. The fraction of sp³-hybridized carbons (Fsp3) is 0.412. The molecule has 24 heavy (non-hydrogen) atoms. The molecule has 128 valence electrons. The Hall–Kier alpha value is -1.83. The van der Waals surface area contributed by atoms with Crippen LogP contribution < -0.4 is 5.43 Å². The maximum absolute atomic E-state index is 12.4.